The minimum atomic E-state index is -0.0865. The van der Waals surface area contributed by atoms with Crippen molar-refractivity contribution in [3.8, 4) is 17.2 Å². The number of ketones is 1. The number of carbonyl (C=O) groups is 1. The number of ether oxygens (including phenoxy) is 3. The van der Waals surface area contributed by atoms with Crippen LogP contribution in [0.2, 0.25) is 0 Å². The molecule has 7 heteroatoms. The molecule has 34 heavy (non-hydrogen) atoms. The standard InChI is InChI=1S/C27H36N2O4.ClH/c1-27(2,3)20-6-8-21(9-7-20)33-15-14-28-10-12-29(13-11-28)23-16-19-17-24(31-4)25(32-5)18-22(19)26(23)30;/h6-9,17-18,23H,10-16H2,1-5H3;1H. The van der Waals surface area contributed by atoms with Crippen molar-refractivity contribution in [2.24, 2.45) is 0 Å². The molecular weight excluding hydrogens is 452 g/mol. The van der Waals surface area contributed by atoms with Gasteiger partial charge < -0.3 is 14.2 Å². The Morgan fingerprint density at radius 1 is 0.941 bits per heavy atom. The van der Waals surface area contributed by atoms with Crippen LogP contribution in [0, 0.1) is 0 Å². The largest absolute Gasteiger partial charge is 0.493 e. The molecule has 1 aliphatic carbocycles. The molecule has 1 heterocycles. The average Bonchev–Trinajstić information content (AvgIpc) is 3.13. The van der Waals surface area contributed by atoms with E-state index in [4.69, 9.17) is 14.2 Å². The number of carbonyl (C=O) groups excluding carboxylic acids is 1. The van der Waals surface area contributed by atoms with Crippen LogP contribution in [0.1, 0.15) is 42.3 Å². The third-order valence-corrected chi connectivity index (χ3v) is 6.83. The number of hydrogen-bond acceptors (Lipinski definition) is 6. The summed E-state index contributed by atoms with van der Waals surface area (Å²) in [5.74, 6) is 2.41. The van der Waals surface area contributed by atoms with Crippen LogP contribution in [0.4, 0.5) is 0 Å². The normalized spacial score (nSPS) is 18.9. The molecule has 0 radical (unpaired) electrons. The van der Waals surface area contributed by atoms with Crippen LogP contribution in [0.15, 0.2) is 36.4 Å². The van der Waals surface area contributed by atoms with Crippen LogP contribution in [0.25, 0.3) is 0 Å². The Balaban J connectivity index is 0.00000324. The van der Waals surface area contributed by atoms with Crippen LogP contribution in [-0.4, -0.2) is 75.2 Å². The van der Waals surface area contributed by atoms with Gasteiger partial charge in [0.2, 0.25) is 0 Å². The van der Waals surface area contributed by atoms with E-state index >= 15 is 0 Å². The van der Waals surface area contributed by atoms with Gasteiger partial charge in [0.05, 0.1) is 20.3 Å². The molecule has 0 saturated carbocycles. The maximum atomic E-state index is 13.1. The first-order valence-electron chi connectivity index (χ1n) is 11.8. The predicted octanol–water partition coefficient (Wildman–Crippen LogP) is 4.23. The molecule has 1 saturated heterocycles. The molecule has 2 aromatic rings. The molecule has 6 nitrogen and oxygen atoms in total. The maximum absolute atomic E-state index is 13.1. The van der Waals surface area contributed by atoms with Crippen molar-refractivity contribution in [1.82, 2.24) is 9.80 Å². The molecule has 2 aromatic carbocycles. The fraction of sp³-hybridized carbons (Fsp3) is 0.519. The second-order valence-corrected chi connectivity index (χ2v) is 9.95. The zero-order chi connectivity index (χ0) is 23.6. The van der Waals surface area contributed by atoms with E-state index in [9.17, 15) is 4.79 Å². The van der Waals surface area contributed by atoms with E-state index < -0.39 is 0 Å². The third kappa shape index (κ3) is 5.68. The first kappa shape index (κ1) is 26.3. The SMILES string of the molecule is COc1cc2c(cc1OC)C(=O)C(N1CCN(CCOc3ccc(C(C)(C)C)cc3)CC1)C2.Cl. The molecular formula is C27H37ClN2O4. The second-order valence-electron chi connectivity index (χ2n) is 9.95. The number of piperazine rings is 1. The smallest absolute Gasteiger partial charge is 0.180 e. The summed E-state index contributed by atoms with van der Waals surface area (Å²) in [5.41, 5.74) is 3.28. The molecule has 1 fully saturated rings. The lowest BCUT2D eigenvalue weighted by molar-refractivity contribution is 0.0667. The monoisotopic (exact) mass is 488 g/mol. The maximum Gasteiger partial charge on any atom is 0.180 e. The van der Waals surface area contributed by atoms with Crippen LogP contribution in [0.5, 0.6) is 17.2 Å². The van der Waals surface area contributed by atoms with Crippen molar-refractivity contribution < 1.29 is 19.0 Å². The van der Waals surface area contributed by atoms with Gasteiger partial charge in [-0.05, 0) is 47.2 Å². The van der Waals surface area contributed by atoms with Crippen LogP contribution in [-0.2, 0) is 11.8 Å². The zero-order valence-electron chi connectivity index (χ0n) is 20.9. The summed E-state index contributed by atoms with van der Waals surface area (Å²) in [6, 6.07) is 12.1. The van der Waals surface area contributed by atoms with E-state index in [0.29, 0.717) is 18.1 Å². The number of fused-ring (bicyclic) bond motifs is 1. The van der Waals surface area contributed by atoms with Gasteiger partial charge in [-0.2, -0.15) is 0 Å². The summed E-state index contributed by atoms with van der Waals surface area (Å²) in [6.07, 6.45) is 0.738. The lowest BCUT2D eigenvalue weighted by Crippen LogP contribution is -2.52. The Labute approximate surface area is 209 Å². The lowest BCUT2D eigenvalue weighted by Gasteiger charge is -2.37. The van der Waals surface area contributed by atoms with Gasteiger partial charge in [0, 0.05) is 38.3 Å². The van der Waals surface area contributed by atoms with E-state index in [1.54, 1.807) is 14.2 Å². The molecule has 0 spiro atoms. The quantitative estimate of drug-likeness (QED) is 0.581. The van der Waals surface area contributed by atoms with E-state index in [0.717, 1.165) is 56.0 Å². The molecule has 0 bridgehead atoms. The number of hydrogen-bond donors (Lipinski definition) is 0. The van der Waals surface area contributed by atoms with Crippen molar-refractivity contribution in [3.05, 3.63) is 53.1 Å². The van der Waals surface area contributed by atoms with Crippen molar-refractivity contribution >= 4 is 18.2 Å². The van der Waals surface area contributed by atoms with E-state index in [1.165, 1.54) is 5.56 Å². The van der Waals surface area contributed by atoms with E-state index in [2.05, 4.69) is 54.8 Å². The minimum absolute atomic E-state index is 0. The molecule has 186 valence electrons. The fourth-order valence-corrected chi connectivity index (χ4v) is 4.74. The highest BCUT2D eigenvalue weighted by Crippen LogP contribution is 2.36. The van der Waals surface area contributed by atoms with Crippen LogP contribution >= 0.6 is 12.4 Å². The van der Waals surface area contributed by atoms with Crippen molar-refractivity contribution in [2.75, 3.05) is 53.6 Å². The molecule has 0 N–H and O–H groups in total. The van der Waals surface area contributed by atoms with Gasteiger partial charge in [0.25, 0.3) is 0 Å². The number of benzene rings is 2. The summed E-state index contributed by atoms with van der Waals surface area (Å²) in [6.45, 7) is 11.9. The third-order valence-electron chi connectivity index (χ3n) is 6.83. The Hall–Kier alpha value is -2.28. The number of nitrogens with zero attached hydrogens (tertiary/aromatic N) is 2. The van der Waals surface area contributed by atoms with Crippen LogP contribution in [0.3, 0.4) is 0 Å². The van der Waals surface area contributed by atoms with Gasteiger partial charge in [-0.3, -0.25) is 14.6 Å². The van der Waals surface area contributed by atoms with E-state index in [1.807, 2.05) is 12.1 Å². The first-order valence-corrected chi connectivity index (χ1v) is 11.8. The topological polar surface area (TPSA) is 51.2 Å². The van der Waals surface area contributed by atoms with Gasteiger partial charge in [-0.25, -0.2) is 0 Å². The number of methoxy groups -OCH3 is 2. The Morgan fingerprint density at radius 3 is 2.15 bits per heavy atom. The Morgan fingerprint density at radius 2 is 1.56 bits per heavy atom. The Kier molecular flexibility index (Phi) is 8.50. The Bertz CT molecular complexity index is 979. The highest BCUT2D eigenvalue weighted by atomic mass is 35.5. The lowest BCUT2D eigenvalue weighted by atomic mass is 9.87. The van der Waals surface area contributed by atoms with Crippen molar-refractivity contribution in [1.29, 1.82) is 0 Å². The minimum Gasteiger partial charge on any atom is -0.493 e. The first-order chi connectivity index (χ1) is 15.8. The number of halogens is 1. The van der Waals surface area contributed by atoms with Gasteiger partial charge >= 0.3 is 0 Å². The summed E-state index contributed by atoms with van der Waals surface area (Å²) in [4.78, 5) is 17.8. The molecule has 0 amide bonds. The molecule has 0 aromatic heterocycles. The predicted molar refractivity (Wildman–Crippen MR) is 137 cm³/mol. The molecule has 1 unspecified atom stereocenters. The van der Waals surface area contributed by atoms with E-state index in [-0.39, 0.29) is 29.6 Å². The summed E-state index contributed by atoms with van der Waals surface area (Å²) >= 11 is 0. The van der Waals surface area contributed by atoms with Gasteiger partial charge in [0.1, 0.15) is 12.4 Å². The van der Waals surface area contributed by atoms with Gasteiger partial charge in [-0.15, -0.1) is 12.4 Å². The molecule has 1 atom stereocenters. The van der Waals surface area contributed by atoms with Crippen LogP contribution < -0.4 is 14.2 Å². The second kappa shape index (κ2) is 11.0. The van der Waals surface area contributed by atoms with Gasteiger partial charge in [-0.1, -0.05) is 32.9 Å². The summed E-state index contributed by atoms with van der Waals surface area (Å²) in [5, 5.41) is 0. The summed E-state index contributed by atoms with van der Waals surface area (Å²) in [7, 11) is 3.23. The number of Topliss-reactive ketones (excluding diaryl/α,β-unsaturated/α-hetero) is 1. The zero-order valence-corrected chi connectivity index (χ0v) is 21.7. The molecule has 1 aliphatic heterocycles. The highest BCUT2D eigenvalue weighted by Gasteiger charge is 2.37. The fourth-order valence-electron chi connectivity index (χ4n) is 4.74. The molecule has 2 aliphatic rings. The average molecular weight is 489 g/mol. The van der Waals surface area contributed by atoms with Gasteiger partial charge in [0.15, 0.2) is 17.3 Å². The highest BCUT2D eigenvalue weighted by molar-refractivity contribution is 6.05. The van der Waals surface area contributed by atoms with Crippen molar-refractivity contribution in [2.45, 2.75) is 38.6 Å². The van der Waals surface area contributed by atoms with Crippen molar-refractivity contribution in [3.63, 3.8) is 0 Å². The molecule has 4 rings (SSSR count). The summed E-state index contributed by atoms with van der Waals surface area (Å²) < 4.78 is 16.8. The number of rotatable bonds is 7.